The molecule has 0 bridgehead atoms. The first-order valence-corrected chi connectivity index (χ1v) is 11.1. The molecule has 0 aromatic heterocycles. The van der Waals surface area contributed by atoms with Crippen molar-refractivity contribution in [1.82, 2.24) is 9.62 Å². The predicted octanol–water partition coefficient (Wildman–Crippen LogP) is 3.41. The number of amides is 1. The highest BCUT2D eigenvalue weighted by Crippen LogP contribution is 2.22. The molecule has 1 aliphatic rings. The van der Waals surface area contributed by atoms with E-state index in [0.717, 1.165) is 18.4 Å². The number of nitrogens with zero attached hydrogens (tertiary/aromatic N) is 1. The van der Waals surface area contributed by atoms with E-state index in [2.05, 4.69) is 10.6 Å². The van der Waals surface area contributed by atoms with Gasteiger partial charge in [0.15, 0.2) is 0 Å². The minimum absolute atomic E-state index is 0.0302. The summed E-state index contributed by atoms with van der Waals surface area (Å²) in [4.78, 5) is 12.4. The lowest BCUT2D eigenvalue weighted by Gasteiger charge is -2.16. The Balaban J connectivity index is 1.54. The summed E-state index contributed by atoms with van der Waals surface area (Å²) in [6, 6.07) is 13.7. The van der Waals surface area contributed by atoms with E-state index in [0.29, 0.717) is 23.8 Å². The Labute approximate surface area is 170 Å². The molecule has 1 atom stereocenters. The van der Waals surface area contributed by atoms with Crippen molar-refractivity contribution in [3.05, 3.63) is 59.1 Å². The summed E-state index contributed by atoms with van der Waals surface area (Å²) in [5.74, 6) is -0.205. The number of carbonyl (C=O) groups excluding carboxylic acids is 1. The molecule has 0 saturated carbocycles. The van der Waals surface area contributed by atoms with Crippen LogP contribution in [0.25, 0.3) is 0 Å². The number of benzene rings is 2. The average molecular weight is 422 g/mol. The number of anilines is 1. The van der Waals surface area contributed by atoms with Gasteiger partial charge in [0.25, 0.3) is 0 Å². The number of hydrogen-bond donors (Lipinski definition) is 2. The largest absolute Gasteiger partial charge is 0.325 e. The summed E-state index contributed by atoms with van der Waals surface area (Å²) in [6.07, 6.45) is 1.79. The molecule has 0 spiro atoms. The molecule has 1 amide bonds. The lowest BCUT2D eigenvalue weighted by molar-refractivity contribution is -0.115. The van der Waals surface area contributed by atoms with Gasteiger partial charge in [0, 0.05) is 29.8 Å². The second-order valence-electron chi connectivity index (χ2n) is 6.84. The highest BCUT2D eigenvalue weighted by atomic mass is 35.5. The Kier molecular flexibility index (Phi) is 6.72. The van der Waals surface area contributed by atoms with E-state index in [-0.39, 0.29) is 23.4 Å². The first-order valence-electron chi connectivity index (χ1n) is 9.25. The van der Waals surface area contributed by atoms with E-state index < -0.39 is 10.0 Å². The van der Waals surface area contributed by atoms with Crippen LogP contribution < -0.4 is 10.6 Å². The minimum atomic E-state index is -3.44. The second kappa shape index (κ2) is 9.05. The zero-order chi connectivity index (χ0) is 20.1. The van der Waals surface area contributed by atoms with E-state index in [1.807, 2.05) is 25.1 Å². The smallest absolute Gasteiger partial charge is 0.243 e. The fourth-order valence-electron chi connectivity index (χ4n) is 3.13. The van der Waals surface area contributed by atoms with Crippen LogP contribution in [0.5, 0.6) is 0 Å². The summed E-state index contributed by atoms with van der Waals surface area (Å²) in [7, 11) is -3.44. The van der Waals surface area contributed by atoms with Gasteiger partial charge in [-0.25, -0.2) is 8.42 Å². The van der Waals surface area contributed by atoms with Crippen molar-refractivity contribution in [2.24, 2.45) is 0 Å². The van der Waals surface area contributed by atoms with Crippen LogP contribution in [0, 0.1) is 0 Å². The fourth-order valence-corrected chi connectivity index (χ4v) is 4.85. The Morgan fingerprint density at radius 1 is 1.14 bits per heavy atom. The lowest BCUT2D eigenvalue weighted by Crippen LogP contribution is -2.30. The standard InChI is InChI=1S/C20H24ClN3O3S/c1-15(16-5-4-6-17(21)13-16)22-14-20(25)23-18-7-9-19(10-8-18)28(26,27)24-11-2-3-12-24/h4-10,13,15,22H,2-3,11-12,14H2,1H3,(H,23,25)/t15-/m1/s1. The third-order valence-corrected chi connectivity index (χ3v) is 6.91. The molecule has 0 unspecified atom stereocenters. The Hall–Kier alpha value is -1.93. The van der Waals surface area contributed by atoms with E-state index in [4.69, 9.17) is 11.6 Å². The highest BCUT2D eigenvalue weighted by molar-refractivity contribution is 7.89. The molecule has 1 aliphatic heterocycles. The van der Waals surface area contributed by atoms with Gasteiger partial charge in [-0.15, -0.1) is 0 Å². The van der Waals surface area contributed by atoms with E-state index in [9.17, 15) is 13.2 Å². The van der Waals surface area contributed by atoms with Crippen LogP contribution in [0.3, 0.4) is 0 Å². The van der Waals surface area contributed by atoms with E-state index in [1.54, 1.807) is 18.2 Å². The maximum atomic E-state index is 12.5. The maximum Gasteiger partial charge on any atom is 0.243 e. The molecule has 150 valence electrons. The normalized spacial score (nSPS) is 16.1. The van der Waals surface area contributed by atoms with E-state index in [1.165, 1.54) is 16.4 Å². The van der Waals surface area contributed by atoms with Crippen LogP contribution in [0.15, 0.2) is 53.4 Å². The molecule has 6 nitrogen and oxygen atoms in total. The molecule has 0 aliphatic carbocycles. The average Bonchev–Trinajstić information content (AvgIpc) is 3.22. The molecule has 0 radical (unpaired) electrons. The number of hydrogen-bond acceptors (Lipinski definition) is 4. The van der Waals surface area contributed by atoms with Crippen molar-refractivity contribution in [2.45, 2.75) is 30.7 Å². The van der Waals surface area contributed by atoms with Gasteiger partial charge in [0.05, 0.1) is 11.4 Å². The summed E-state index contributed by atoms with van der Waals surface area (Å²) >= 11 is 5.99. The van der Waals surface area contributed by atoms with Gasteiger partial charge in [-0.05, 0) is 61.7 Å². The quantitative estimate of drug-likeness (QED) is 0.718. The zero-order valence-electron chi connectivity index (χ0n) is 15.7. The Morgan fingerprint density at radius 3 is 2.46 bits per heavy atom. The summed E-state index contributed by atoms with van der Waals surface area (Å²) < 4.78 is 26.5. The van der Waals surface area contributed by atoms with Gasteiger partial charge in [0.2, 0.25) is 15.9 Å². The van der Waals surface area contributed by atoms with Gasteiger partial charge < -0.3 is 10.6 Å². The van der Waals surface area contributed by atoms with Crippen molar-refractivity contribution in [1.29, 1.82) is 0 Å². The van der Waals surface area contributed by atoms with Crippen LogP contribution in [0.4, 0.5) is 5.69 Å². The van der Waals surface area contributed by atoms with Crippen LogP contribution in [-0.2, 0) is 14.8 Å². The molecule has 3 rings (SSSR count). The number of sulfonamides is 1. The summed E-state index contributed by atoms with van der Waals surface area (Å²) in [5, 5.41) is 6.57. The van der Waals surface area contributed by atoms with Crippen LogP contribution >= 0.6 is 11.6 Å². The molecule has 8 heteroatoms. The fraction of sp³-hybridized carbons (Fsp3) is 0.350. The van der Waals surface area contributed by atoms with Crippen molar-refractivity contribution in [3.63, 3.8) is 0 Å². The van der Waals surface area contributed by atoms with Gasteiger partial charge in [0.1, 0.15) is 0 Å². The molecular formula is C20H24ClN3O3S. The van der Waals surface area contributed by atoms with Crippen LogP contribution in [-0.4, -0.2) is 38.3 Å². The zero-order valence-corrected chi connectivity index (χ0v) is 17.3. The molecule has 1 fully saturated rings. The number of halogens is 1. The third-order valence-electron chi connectivity index (χ3n) is 4.76. The Morgan fingerprint density at radius 2 is 1.82 bits per heavy atom. The Bertz CT molecular complexity index is 926. The first kappa shape index (κ1) is 20.8. The molecule has 28 heavy (non-hydrogen) atoms. The van der Waals surface area contributed by atoms with Gasteiger partial charge in [-0.3, -0.25) is 4.79 Å². The monoisotopic (exact) mass is 421 g/mol. The summed E-state index contributed by atoms with van der Waals surface area (Å²) in [5.41, 5.74) is 1.55. The number of nitrogens with one attached hydrogen (secondary N) is 2. The topological polar surface area (TPSA) is 78.5 Å². The van der Waals surface area contributed by atoms with Crippen molar-refractivity contribution < 1.29 is 13.2 Å². The van der Waals surface area contributed by atoms with Gasteiger partial charge in [-0.2, -0.15) is 4.31 Å². The van der Waals surface area contributed by atoms with Crippen LogP contribution in [0.2, 0.25) is 5.02 Å². The van der Waals surface area contributed by atoms with Crippen molar-refractivity contribution in [3.8, 4) is 0 Å². The highest BCUT2D eigenvalue weighted by Gasteiger charge is 2.26. The van der Waals surface area contributed by atoms with Crippen LogP contribution in [0.1, 0.15) is 31.4 Å². The van der Waals surface area contributed by atoms with Gasteiger partial charge in [-0.1, -0.05) is 23.7 Å². The second-order valence-corrected chi connectivity index (χ2v) is 9.22. The molecule has 1 saturated heterocycles. The maximum absolute atomic E-state index is 12.5. The van der Waals surface area contributed by atoms with Crippen molar-refractivity contribution >= 4 is 33.2 Å². The molecule has 1 heterocycles. The minimum Gasteiger partial charge on any atom is -0.325 e. The number of carbonyl (C=O) groups is 1. The molecule has 2 aromatic rings. The lowest BCUT2D eigenvalue weighted by atomic mass is 10.1. The van der Waals surface area contributed by atoms with Crippen molar-refractivity contribution in [2.75, 3.05) is 25.0 Å². The first-order chi connectivity index (χ1) is 13.4. The summed E-state index contributed by atoms with van der Waals surface area (Å²) in [6.45, 7) is 3.22. The van der Waals surface area contributed by atoms with Gasteiger partial charge >= 0.3 is 0 Å². The predicted molar refractivity (Wildman–Crippen MR) is 111 cm³/mol. The van der Waals surface area contributed by atoms with E-state index >= 15 is 0 Å². The number of rotatable bonds is 7. The third kappa shape index (κ3) is 5.11. The molecule has 2 aromatic carbocycles. The SMILES string of the molecule is C[C@@H](NCC(=O)Nc1ccc(S(=O)(=O)N2CCCC2)cc1)c1cccc(Cl)c1. The molecular weight excluding hydrogens is 398 g/mol. The molecule has 2 N–H and O–H groups in total.